The van der Waals surface area contributed by atoms with Crippen LogP contribution in [-0.4, -0.2) is 14.2 Å². The molecule has 2 aromatic rings. The molecule has 0 aliphatic heterocycles. The molecule has 110 valence electrons. The van der Waals surface area contributed by atoms with Crippen molar-refractivity contribution in [3.05, 3.63) is 65.5 Å². The van der Waals surface area contributed by atoms with E-state index in [1.807, 2.05) is 0 Å². The molecule has 0 aliphatic carbocycles. The number of carbonyl (C=O) groups is 1. The van der Waals surface area contributed by atoms with Gasteiger partial charge in [-0.15, -0.1) is 0 Å². The van der Waals surface area contributed by atoms with Gasteiger partial charge in [0.25, 0.3) is 0 Å². The summed E-state index contributed by atoms with van der Waals surface area (Å²) in [5, 5.41) is 0. The third-order valence-electron chi connectivity index (χ3n) is 2.93. The second-order valence-electron chi connectivity index (χ2n) is 4.54. The summed E-state index contributed by atoms with van der Waals surface area (Å²) in [5.41, 5.74) is 0.970. The molecule has 2 aromatic carbocycles. The molecule has 0 saturated carbocycles. The predicted molar refractivity (Wildman–Crippen MR) is 76.9 cm³/mol. The van der Waals surface area contributed by atoms with Crippen LogP contribution in [0, 0.1) is 5.82 Å². The van der Waals surface area contributed by atoms with Crippen molar-refractivity contribution in [3.63, 3.8) is 0 Å². The number of hydrogen-bond donors (Lipinski definition) is 1. The molecule has 4 nitrogen and oxygen atoms in total. The lowest BCUT2D eigenvalue weighted by atomic mass is 10.2. The zero-order valence-corrected chi connectivity index (χ0v) is 12.2. The SMILES string of the molecule is CC(=O)c1ccc(S(=O)(=O)NCc2cccc(F)c2)cc1. The van der Waals surface area contributed by atoms with E-state index in [0.717, 1.165) is 0 Å². The Balaban J connectivity index is 2.13. The average Bonchev–Trinajstić information content (AvgIpc) is 2.45. The summed E-state index contributed by atoms with van der Waals surface area (Å²) >= 11 is 0. The van der Waals surface area contributed by atoms with Gasteiger partial charge < -0.3 is 0 Å². The Morgan fingerprint density at radius 2 is 1.81 bits per heavy atom. The molecule has 0 radical (unpaired) electrons. The van der Waals surface area contributed by atoms with Crippen molar-refractivity contribution in [2.24, 2.45) is 0 Å². The molecule has 0 unspecified atom stereocenters. The van der Waals surface area contributed by atoms with E-state index < -0.39 is 15.8 Å². The second-order valence-corrected chi connectivity index (χ2v) is 6.30. The van der Waals surface area contributed by atoms with Gasteiger partial charge in [0, 0.05) is 12.1 Å². The maximum atomic E-state index is 13.0. The van der Waals surface area contributed by atoms with Crippen molar-refractivity contribution in [1.82, 2.24) is 4.72 Å². The zero-order chi connectivity index (χ0) is 15.5. The Labute approximate surface area is 122 Å². The first-order valence-corrected chi connectivity index (χ1v) is 7.72. The molecule has 2 rings (SSSR count). The summed E-state index contributed by atoms with van der Waals surface area (Å²) in [6.07, 6.45) is 0. The molecule has 21 heavy (non-hydrogen) atoms. The highest BCUT2D eigenvalue weighted by atomic mass is 32.2. The normalized spacial score (nSPS) is 11.3. The monoisotopic (exact) mass is 307 g/mol. The van der Waals surface area contributed by atoms with Crippen LogP contribution in [0.3, 0.4) is 0 Å². The van der Waals surface area contributed by atoms with Gasteiger partial charge in [0.15, 0.2) is 5.78 Å². The third kappa shape index (κ3) is 3.96. The maximum Gasteiger partial charge on any atom is 0.240 e. The quantitative estimate of drug-likeness (QED) is 0.863. The molecular weight excluding hydrogens is 293 g/mol. The summed E-state index contributed by atoms with van der Waals surface area (Å²) in [6, 6.07) is 11.3. The fraction of sp³-hybridized carbons (Fsp3) is 0.133. The van der Waals surface area contributed by atoms with Crippen LogP contribution in [0.25, 0.3) is 0 Å². The molecule has 0 saturated heterocycles. The van der Waals surface area contributed by atoms with Crippen molar-refractivity contribution in [2.75, 3.05) is 0 Å². The van der Waals surface area contributed by atoms with Crippen molar-refractivity contribution in [2.45, 2.75) is 18.4 Å². The van der Waals surface area contributed by atoms with Gasteiger partial charge in [-0.1, -0.05) is 24.3 Å². The van der Waals surface area contributed by atoms with Gasteiger partial charge >= 0.3 is 0 Å². The fourth-order valence-electron chi connectivity index (χ4n) is 1.78. The number of benzene rings is 2. The molecule has 0 aliphatic rings. The topological polar surface area (TPSA) is 63.2 Å². The molecule has 0 amide bonds. The molecule has 1 N–H and O–H groups in total. The summed E-state index contributed by atoms with van der Waals surface area (Å²) in [6.45, 7) is 1.40. The minimum absolute atomic E-state index is 0.00540. The van der Waals surface area contributed by atoms with Crippen LogP contribution >= 0.6 is 0 Å². The van der Waals surface area contributed by atoms with Crippen molar-refractivity contribution >= 4 is 15.8 Å². The van der Waals surface area contributed by atoms with Gasteiger partial charge in [-0.2, -0.15) is 0 Å². The number of rotatable bonds is 5. The van der Waals surface area contributed by atoms with Crippen molar-refractivity contribution < 1.29 is 17.6 Å². The molecule has 0 spiro atoms. The number of halogens is 1. The predicted octanol–water partition coefficient (Wildman–Crippen LogP) is 2.51. The van der Waals surface area contributed by atoms with Crippen LogP contribution in [0.4, 0.5) is 4.39 Å². The van der Waals surface area contributed by atoms with E-state index in [1.54, 1.807) is 6.07 Å². The standard InChI is InChI=1S/C15H14FNO3S/c1-11(18)13-5-7-15(8-6-13)21(19,20)17-10-12-3-2-4-14(16)9-12/h2-9,17H,10H2,1H3. The van der Waals surface area contributed by atoms with E-state index >= 15 is 0 Å². The van der Waals surface area contributed by atoms with Crippen LogP contribution in [0.15, 0.2) is 53.4 Å². The van der Waals surface area contributed by atoms with Crippen LogP contribution in [0.2, 0.25) is 0 Å². The van der Waals surface area contributed by atoms with Gasteiger partial charge in [0.05, 0.1) is 4.90 Å². The van der Waals surface area contributed by atoms with Crippen LogP contribution in [0.1, 0.15) is 22.8 Å². The maximum absolute atomic E-state index is 13.0. The van der Waals surface area contributed by atoms with E-state index in [1.165, 1.54) is 49.4 Å². The lowest BCUT2D eigenvalue weighted by Crippen LogP contribution is -2.23. The van der Waals surface area contributed by atoms with E-state index in [9.17, 15) is 17.6 Å². The van der Waals surface area contributed by atoms with Crippen LogP contribution in [0.5, 0.6) is 0 Å². The molecule has 0 heterocycles. The first kappa shape index (κ1) is 15.3. The minimum Gasteiger partial charge on any atom is -0.295 e. The Morgan fingerprint density at radius 1 is 1.14 bits per heavy atom. The van der Waals surface area contributed by atoms with Gasteiger partial charge in [0.1, 0.15) is 5.82 Å². The molecule has 0 aromatic heterocycles. The smallest absolute Gasteiger partial charge is 0.240 e. The van der Waals surface area contributed by atoms with Gasteiger partial charge in [0.2, 0.25) is 10.0 Å². The largest absolute Gasteiger partial charge is 0.295 e. The lowest BCUT2D eigenvalue weighted by molar-refractivity contribution is 0.101. The first-order valence-electron chi connectivity index (χ1n) is 6.23. The van der Waals surface area contributed by atoms with E-state index in [0.29, 0.717) is 11.1 Å². The Bertz CT molecular complexity index is 755. The van der Waals surface area contributed by atoms with E-state index in [4.69, 9.17) is 0 Å². The molecule has 0 atom stereocenters. The van der Waals surface area contributed by atoms with Crippen molar-refractivity contribution in [1.29, 1.82) is 0 Å². The fourth-order valence-corrected chi connectivity index (χ4v) is 2.80. The number of sulfonamides is 1. The Hall–Kier alpha value is -2.05. The summed E-state index contributed by atoms with van der Waals surface area (Å²) in [7, 11) is -3.70. The third-order valence-corrected chi connectivity index (χ3v) is 4.34. The minimum atomic E-state index is -3.70. The van der Waals surface area contributed by atoms with Crippen LogP contribution in [-0.2, 0) is 16.6 Å². The number of hydrogen-bond acceptors (Lipinski definition) is 3. The Kier molecular flexibility index (Phi) is 4.50. The second kappa shape index (κ2) is 6.15. The summed E-state index contributed by atoms with van der Waals surface area (Å²) < 4.78 is 39.6. The van der Waals surface area contributed by atoms with E-state index in [2.05, 4.69) is 4.72 Å². The van der Waals surface area contributed by atoms with Gasteiger partial charge in [-0.3, -0.25) is 4.79 Å². The highest BCUT2D eigenvalue weighted by Crippen LogP contribution is 2.12. The Morgan fingerprint density at radius 3 is 2.38 bits per heavy atom. The highest BCUT2D eigenvalue weighted by molar-refractivity contribution is 7.89. The lowest BCUT2D eigenvalue weighted by Gasteiger charge is -2.07. The van der Waals surface area contributed by atoms with Crippen LogP contribution < -0.4 is 4.72 Å². The van der Waals surface area contributed by atoms with E-state index in [-0.39, 0.29) is 17.2 Å². The molecule has 6 heteroatoms. The van der Waals surface area contributed by atoms with Gasteiger partial charge in [-0.05, 0) is 36.8 Å². The summed E-state index contributed by atoms with van der Waals surface area (Å²) in [4.78, 5) is 11.2. The number of carbonyl (C=O) groups excluding carboxylic acids is 1. The molecule has 0 fully saturated rings. The first-order chi connectivity index (χ1) is 9.88. The highest BCUT2D eigenvalue weighted by Gasteiger charge is 2.14. The summed E-state index contributed by atoms with van der Waals surface area (Å²) in [5.74, 6) is -0.552. The number of ketones is 1. The number of nitrogens with one attached hydrogen (secondary N) is 1. The average molecular weight is 307 g/mol. The number of Topliss-reactive ketones (excluding diaryl/α,β-unsaturated/α-hetero) is 1. The van der Waals surface area contributed by atoms with Gasteiger partial charge in [-0.25, -0.2) is 17.5 Å². The molecular formula is C15H14FNO3S. The van der Waals surface area contributed by atoms with Crippen molar-refractivity contribution in [3.8, 4) is 0 Å². The zero-order valence-electron chi connectivity index (χ0n) is 11.3. The molecule has 0 bridgehead atoms.